The molecule has 94 valence electrons. The molecule has 0 aliphatic heterocycles. The molecule has 0 saturated heterocycles. The van der Waals surface area contributed by atoms with Crippen molar-refractivity contribution in [1.29, 1.82) is 0 Å². The van der Waals surface area contributed by atoms with Crippen LogP contribution in [0.5, 0.6) is 0 Å². The van der Waals surface area contributed by atoms with Crippen molar-refractivity contribution in [3.05, 3.63) is 35.1 Å². The molecular formula is C13H19FN2O. The molecule has 4 heteroatoms. The van der Waals surface area contributed by atoms with Crippen molar-refractivity contribution in [2.75, 3.05) is 7.11 Å². The summed E-state index contributed by atoms with van der Waals surface area (Å²) >= 11 is 0. The maximum Gasteiger partial charge on any atom is 0.123 e. The zero-order chi connectivity index (χ0) is 12.5. The minimum absolute atomic E-state index is 0.0816. The summed E-state index contributed by atoms with van der Waals surface area (Å²) < 4.78 is 18.7. The van der Waals surface area contributed by atoms with Gasteiger partial charge in [-0.2, -0.15) is 0 Å². The average molecular weight is 238 g/mol. The van der Waals surface area contributed by atoms with Crippen LogP contribution in [-0.4, -0.2) is 12.7 Å². The van der Waals surface area contributed by atoms with E-state index >= 15 is 0 Å². The molecule has 1 fully saturated rings. The number of methoxy groups -OCH3 is 1. The second-order valence-corrected chi connectivity index (χ2v) is 4.72. The van der Waals surface area contributed by atoms with E-state index in [1.807, 2.05) is 6.92 Å². The Balaban J connectivity index is 2.35. The molecule has 0 aromatic heterocycles. The van der Waals surface area contributed by atoms with Crippen molar-refractivity contribution in [3.63, 3.8) is 0 Å². The third-order valence-corrected chi connectivity index (χ3v) is 3.84. The third-order valence-electron chi connectivity index (χ3n) is 3.84. The van der Waals surface area contributed by atoms with Crippen LogP contribution in [0.4, 0.5) is 4.39 Å². The van der Waals surface area contributed by atoms with Crippen molar-refractivity contribution in [1.82, 2.24) is 5.43 Å². The number of halogens is 1. The van der Waals surface area contributed by atoms with Gasteiger partial charge < -0.3 is 4.74 Å². The molecule has 1 aromatic rings. The molecule has 1 unspecified atom stereocenters. The fourth-order valence-corrected chi connectivity index (χ4v) is 2.62. The molecule has 1 aliphatic rings. The lowest BCUT2D eigenvalue weighted by molar-refractivity contribution is -0.1000. The van der Waals surface area contributed by atoms with Crippen LogP contribution < -0.4 is 11.3 Å². The van der Waals surface area contributed by atoms with Crippen LogP contribution >= 0.6 is 0 Å². The van der Waals surface area contributed by atoms with E-state index in [2.05, 4.69) is 5.43 Å². The Morgan fingerprint density at radius 1 is 1.47 bits per heavy atom. The molecule has 1 aromatic carbocycles. The van der Waals surface area contributed by atoms with Crippen molar-refractivity contribution < 1.29 is 9.13 Å². The number of hydrogen-bond acceptors (Lipinski definition) is 3. The Morgan fingerprint density at radius 3 is 2.59 bits per heavy atom. The first kappa shape index (κ1) is 12.5. The minimum atomic E-state index is -0.239. The molecule has 3 nitrogen and oxygen atoms in total. The molecule has 3 N–H and O–H groups in total. The van der Waals surface area contributed by atoms with Crippen LogP contribution in [0.1, 0.15) is 36.4 Å². The van der Waals surface area contributed by atoms with Gasteiger partial charge in [0.15, 0.2) is 0 Å². The molecule has 1 aliphatic carbocycles. The van der Waals surface area contributed by atoms with E-state index in [4.69, 9.17) is 10.6 Å². The SMILES string of the molecule is COC1(C(NN)c2ccc(F)cc2C)CCC1. The first-order chi connectivity index (χ1) is 8.13. The summed E-state index contributed by atoms with van der Waals surface area (Å²) in [6.45, 7) is 1.89. The highest BCUT2D eigenvalue weighted by Crippen LogP contribution is 2.45. The number of ether oxygens (including phenoxy) is 1. The molecule has 2 rings (SSSR count). The Bertz CT molecular complexity index is 399. The Kier molecular flexibility index (Phi) is 3.47. The van der Waals surface area contributed by atoms with Gasteiger partial charge in [-0.25, -0.2) is 4.39 Å². The summed E-state index contributed by atoms with van der Waals surface area (Å²) in [5.74, 6) is 5.44. The topological polar surface area (TPSA) is 47.3 Å². The van der Waals surface area contributed by atoms with Gasteiger partial charge in [0.25, 0.3) is 0 Å². The highest BCUT2D eigenvalue weighted by Gasteiger charge is 2.45. The maximum absolute atomic E-state index is 13.1. The standard InChI is InChI=1S/C13H19FN2O/c1-9-8-10(14)4-5-11(9)12(16-15)13(17-2)6-3-7-13/h4-5,8,12,16H,3,6-7,15H2,1-2H3. The molecule has 17 heavy (non-hydrogen) atoms. The number of hydrazine groups is 1. The molecular weight excluding hydrogens is 219 g/mol. The fourth-order valence-electron chi connectivity index (χ4n) is 2.62. The Morgan fingerprint density at radius 2 is 2.18 bits per heavy atom. The third kappa shape index (κ3) is 2.08. The van der Waals surface area contributed by atoms with Gasteiger partial charge in [0.2, 0.25) is 0 Å². The van der Waals surface area contributed by atoms with Crippen LogP contribution in [0.3, 0.4) is 0 Å². The van der Waals surface area contributed by atoms with Gasteiger partial charge in [-0.15, -0.1) is 0 Å². The summed E-state index contributed by atoms with van der Waals surface area (Å²) in [5, 5.41) is 0. The smallest absolute Gasteiger partial charge is 0.123 e. The van der Waals surface area contributed by atoms with E-state index in [1.54, 1.807) is 13.2 Å². The summed E-state index contributed by atoms with van der Waals surface area (Å²) in [6.07, 6.45) is 3.11. The highest BCUT2D eigenvalue weighted by molar-refractivity contribution is 5.32. The number of nitrogens with one attached hydrogen (secondary N) is 1. The van der Waals surface area contributed by atoms with Gasteiger partial charge >= 0.3 is 0 Å². The van der Waals surface area contributed by atoms with Gasteiger partial charge in [0, 0.05) is 7.11 Å². The number of hydrogen-bond donors (Lipinski definition) is 2. The van der Waals surface area contributed by atoms with Crippen LogP contribution in [-0.2, 0) is 4.74 Å². The summed E-state index contributed by atoms with van der Waals surface area (Å²) in [6, 6.07) is 4.70. The average Bonchev–Trinajstić information content (AvgIpc) is 2.24. The molecule has 0 amide bonds. The van der Waals surface area contributed by atoms with Crippen molar-refractivity contribution >= 4 is 0 Å². The Labute approximate surface area is 101 Å². The molecule has 0 heterocycles. The van der Waals surface area contributed by atoms with E-state index < -0.39 is 0 Å². The van der Waals surface area contributed by atoms with Crippen molar-refractivity contribution in [2.45, 2.75) is 37.8 Å². The van der Waals surface area contributed by atoms with Gasteiger partial charge in [0.1, 0.15) is 5.82 Å². The zero-order valence-corrected chi connectivity index (χ0v) is 10.3. The normalized spacial score (nSPS) is 19.8. The lowest BCUT2D eigenvalue weighted by Gasteiger charge is -2.46. The van der Waals surface area contributed by atoms with E-state index in [-0.39, 0.29) is 17.5 Å². The largest absolute Gasteiger partial charge is 0.376 e. The number of rotatable bonds is 4. The molecule has 0 bridgehead atoms. The van der Waals surface area contributed by atoms with E-state index in [9.17, 15) is 4.39 Å². The van der Waals surface area contributed by atoms with Gasteiger partial charge in [-0.05, 0) is 49.4 Å². The minimum Gasteiger partial charge on any atom is -0.376 e. The van der Waals surface area contributed by atoms with Crippen LogP contribution in [0.25, 0.3) is 0 Å². The number of nitrogens with two attached hydrogens (primary N) is 1. The molecule has 1 atom stereocenters. The summed E-state index contributed by atoms with van der Waals surface area (Å²) in [4.78, 5) is 0. The lowest BCUT2D eigenvalue weighted by atomic mass is 9.72. The van der Waals surface area contributed by atoms with Crippen molar-refractivity contribution in [3.8, 4) is 0 Å². The van der Waals surface area contributed by atoms with Gasteiger partial charge in [-0.1, -0.05) is 6.07 Å². The zero-order valence-electron chi connectivity index (χ0n) is 10.3. The van der Waals surface area contributed by atoms with Crippen LogP contribution in [0.15, 0.2) is 18.2 Å². The van der Waals surface area contributed by atoms with Crippen LogP contribution in [0.2, 0.25) is 0 Å². The second kappa shape index (κ2) is 4.72. The predicted octanol–water partition coefficient (Wildman–Crippen LogP) is 2.21. The number of benzene rings is 1. The van der Waals surface area contributed by atoms with E-state index in [0.29, 0.717) is 0 Å². The van der Waals surface area contributed by atoms with Gasteiger partial charge in [-0.3, -0.25) is 11.3 Å². The lowest BCUT2D eigenvalue weighted by Crippen LogP contribution is -2.52. The molecule has 0 radical (unpaired) electrons. The monoisotopic (exact) mass is 238 g/mol. The fraction of sp³-hybridized carbons (Fsp3) is 0.538. The van der Waals surface area contributed by atoms with E-state index in [1.165, 1.54) is 12.1 Å². The molecule has 0 spiro atoms. The number of aryl methyl sites for hydroxylation is 1. The van der Waals surface area contributed by atoms with Gasteiger partial charge in [0.05, 0.1) is 11.6 Å². The predicted molar refractivity (Wildman–Crippen MR) is 64.8 cm³/mol. The Hall–Kier alpha value is -0.970. The summed E-state index contributed by atoms with van der Waals surface area (Å²) in [7, 11) is 1.71. The van der Waals surface area contributed by atoms with Crippen LogP contribution in [0, 0.1) is 12.7 Å². The molecule has 1 saturated carbocycles. The quantitative estimate of drug-likeness (QED) is 0.624. The maximum atomic E-state index is 13.1. The first-order valence-corrected chi connectivity index (χ1v) is 5.90. The van der Waals surface area contributed by atoms with E-state index in [0.717, 1.165) is 30.4 Å². The van der Waals surface area contributed by atoms with Crippen molar-refractivity contribution in [2.24, 2.45) is 5.84 Å². The second-order valence-electron chi connectivity index (χ2n) is 4.72. The summed E-state index contributed by atoms with van der Waals surface area (Å²) in [5.41, 5.74) is 4.50. The highest BCUT2D eigenvalue weighted by atomic mass is 19.1. The first-order valence-electron chi connectivity index (χ1n) is 5.90.